The van der Waals surface area contributed by atoms with Gasteiger partial charge in [-0.15, -0.1) is 0 Å². The topological polar surface area (TPSA) is 80.1 Å². The maximum absolute atomic E-state index is 13.0. The summed E-state index contributed by atoms with van der Waals surface area (Å²) >= 11 is 0. The first kappa shape index (κ1) is 15.0. The molecule has 0 aromatic carbocycles. The third-order valence-electron chi connectivity index (χ3n) is 4.77. The summed E-state index contributed by atoms with van der Waals surface area (Å²) in [7, 11) is 0. The number of rotatable bonds is 4. The normalized spacial score (nSPS) is 24.6. The van der Waals surface area contributed by atoms with Gasteiger partial charge in [0.2, 0.25) is 11.8 Å². The Morgan fingerprint density at radius 2 is 2.09 bits per heavy atom. The van der Waals surface area contributed by atoms with Gasteiger partial charge in [-0.2, -0.15) is 5.10 Å². The summed E-state index contributed by atoms with van der Waals surface area (Å²) in [5.41, 5.74) is -0.768. The van der Waals surface area contributed by atoms with E-state index in [0.717, 1.165) is 32.2 Å². The van der Waals surface area contributed by atoms with Gasteiger partial charge in [-0.1, -0.05) is 0 Å². The summed E-state index contributed by atoms with van der Waals surface area (Å²) in [6.07, 6.45) is 7.16. The number of nitrogens with zero attached hydrogens (tertiary/aromatic N) is 4. The first-order valence-electron chi connectivity index (χ1n) is 7.93. The van der Waals surface area contributed by atoms with E-state index in [1.165, 1.54) is 13.3 Å². The van der Waals surface area contributed by atoms with Gasteiger partial charge in [-0.3, -0.25) is 9.59 Å². The average Bonchev–Trinajstić information content (AvgIpc) is 3.22. The predicted octanol–water partition coefficient (Wildman–Crippen LogP) is 0.746. The van der Waals surface area contributed by atoms with Gasteiger partial charge in [-0.05, 0) is 38.5 Å². The molecule has 0 spiro atoms. The van der Waals surface area contributed by atoms with Gasteiger partial charge in [0.05, 0.1) is 6.04 Å². The molecule has 1 saturated carbocycles. The lowest BCUT2D eigenvalue weighted by atomic mass is 9.92. The minimum Gasteiger partial charge on any atom is -0.342 e. The fourth-order valence-electron chi connectivity index (χ4n) is 3.45. The highest BCUT2D eigenvalue weighted by atomic mass is 16.2. The molecule has 0 radical (unpaired) electrons. The monoisotopic (exact) mass is 305 g/mol. The molecule has 1 aromatic rings. The van der Waals surface area contributed by atoms with E-state index in [0.29, 0.717) is 6.54 Å². The van der Waals surface area contributed by atoms with E-state index in [4.69, 9.17) is 0 Å². The standard InChI is InChI=1S/C15H23N5O2/c1-11(21)18-15(2,12-5-6-12)14(22)19-7-3-4-13(8-19)20-10-16-9-17-20/h9-10,12-13H,3-8H2,1-2H3,(H,18,21)/t13-,15+/m1/s1. The molecule has 1 aromatic heterocycles. The summed E-state index contributed by atoms with van der Waals surface area (Å²) < 4.78 is 1.83. The molecule has 1 saturated heterocycles. The van der Waals surface area contributed by atoms with Crippen molar-refractivity contribution in [2.24, 2.45) is 5.92 Å². The van der Waals surface area contributed by atoms with Crippen LogP contribution >= 0.6 is 0 Å². The van der Waals surface area contributed by atoms with Crippen LogP contribution in [0.1, 0.15) is 45.6 Å². The molecule has 0 unspecified atom stereocenters. The number of hydrogen-bond acceptors (Lipinski definition) is 4. The largest absolute Gasteiger partial charge is 0.342 e. The van der Waals surface area contributed by atoms with E-state index in [9.17, 15) is 9.59 Å². The summed E-state index contributed by atoms with van der Waals surface area (Å²) in [5.74, 6) is 0.151. The zero-order chi connectivity index (χ0) is 15.7. The zero-order valence-electron chi connectivity index (χ0n) is 13.2. The van der Waals surface area contributed by atoms with Crippen LogP contribution in [0.15, 0.2) is 12.7 Å². The summed E-state index contributed by atoms with van der Waals surface area (Å²) in [6.45, 7) is 4.71. The van der Waals surface area contributed by atoms with E-state index >= 15 is 0 Å². The third kappa shape index (κ3) is 2.84. The van der Waals surface area contributed by atoms with Crippen molar-refractivity contribution in [2.75, 3.05) is 13.1 Å². The Labute approximate surface area is 130 Å². The van der Waals surface area contributed by atoms with Crippen LogP contribution in [0.25, 0.3) is 0 Å². The van der Waals surface area contributed by atoms with Crippen LogP contribution in [0.2, 0.25) is 0 Å². The van der Waals surface area contributed by atoms with Crippen LogP contribution in [0.4, 0.5) is 0 Å². The van der Waals surface area contributed by atoms with Crippen LogP contribution in [0, 0.1) is 5.92 Å². The van der Waals surface area contributed by atoms with E-state index < -0.39 is 5.54 Å². The number of hydrogen-bond donors (Lipinski definition) is 1. The number of amides is 2. The fourth-order valence-corrected chi connectivity index (χ4v) is 3.45. The van der Waals surface area contributed by atoms with E-state index in [-0.39, 0.29) is 23.8 Å². The molecule has 0 bridgehead atoms. The van der Waals surface area contributed by atoms with Crippen molar-refractivity contribution in [1.82, 2.24) is 25.0 Å². The maximum atomic E-state index is 13.0. The molecule has 7 heteroatoms. The highest BCUT2D eigenvalue weighted by Crippen LogP contribution is 2.41. The van der Waals surface area contributed by atoms with Crippen LogP contribution in [0.5, 0.6) is 0 Å². The van der Waals surface area contributed by atoms with Gasteiger partial charge in [0.15, 0.2) is 0 Å². The van der Waals surface area contributed by atoms with Gasteiger partial charge in [-0.25, -0.2) is 9.67 Å². The Morgan fingerprint density at radius 1 is 1.32 bits per heavy atom. The van der Waals surface area contributed by atoms with Crippen LogP contribution in [0.3, 0.4) is 0 Å². The molecule has 2 heterocycles. The molecular formula is C15H23N5O2. The number of likely N-dealkylation sites (tertiary alicyclic amines) is 1. The van der Waals surface area contributed by atoms with Crippen molar-refractivity contribution in [2.45, 2.75) is 51.1 Å². The lowest BCUT2D eigenvalue weighted by Crippen LogP contribution is -2.60. The predicted molar refractivity (Wildman–Crippen MR) is 79.8 cm³/mol. The number of carbonyl (C=O) groups excluding carboxylic acids is 2. The Kier molecular flexibility index (Phi) is 3.88. The highest BCUT2D eigenvalue weighted by Gasteiger charge is 2.50. The molecular weight excluding hydrogens is 282 g/mol. The highest BCUT2D eigenvalue weighted by molar-refractivity contribution is 5.91. The number of aromatic nitrogens is 3. The van der Waals surface area contributed by atoms with Crippen molar-refractivity contribution in [3.63, 3.8) is 0 Å². The zero-order valence-corrected chi connectivity index (χ0v) is 13.2. The van der Waals surface area contributed by atoms with Crippen molar-refractivity contribution < 1.29 is 9.59 Å². The van der Waals surface area contributed by atoms with E-state index in [2.05, 4.69) is 15.4 Å². The molecule has 2 atom stereocenters. The van der Waals surface area contributed by atoms with Crippen LogP contribution in [-0.2, 0) is 9.59 Å². The molecule has 2 fully saturated rings. The average molecular weight is 305 g/mol. The summed E-state index contributed by atoms with van der Waals surface area (Å²) in [6, 6.07) is 0.168. The fraction of sp³-hybridized carbons (Fsp3) is 0.733. The van der Waals surface area contributed by atoms with Crippen molar-refractivity contribution >= 4 is 11.8 Å². The van der Waals surface area contributed by atoms with Crippen molar-refractivity contribution in [3.8, 4) is 0 Å². The molecule has 3 rings (SSSR count). The van der Waals surface area contributed by atoms with E-state index in [1.54, 1.807) is 6.33 Å². The van der Waals surface area contributed by atoms with Gasteiger partial charge < -0.3 is 10.2 Å². The number of nitrogens with one attached hydrogen (secondary N) is 1. The molecule has 1 N–H and O–H groups in total. The molecule has 2 amide bonds. The minimum atomic E-state index is -0.768. The quantitative estimate of drug-likeness (QED) is 0.890. The Balaban J connectivity index is 1.74. The Morgan fingerprint density at radius 3 is 2.68 bits per heavy atom. The van der Waals surface area contributed by atoms with Gasteiger partial charge in [0.1, 0.15) is 18.2 Å². The molecule has 7 nitrogen and oxygen atoms in total. The van der Waals surface area contributed by atoms with Crippen molar-refractivity contribution in [1.29, 1.82) is 0 Å². The second-order valence-corrected chi connectivity index (χ2v) is 6.58. The second-order valence-electron chi connectivity index (χ2n) is 6.58. The first-order chi connectivity index (χ1) is 10.5. The molecule has 1 aliphatic heterocycles. The number of piperidine rings is 1. The smallest absolute Gasteiger partial charge is 0.248 e. The van der Waals surface area contributed by atoms with Crippen LogP contribution in [-0.4, -0.2) is 50.1 Å². The van der Waals surface area contributed by atoms with Gasteiger partial charge in [0, 0.05) is 20.0 Å². The molecule has 2 aliphatic rings. The van der Waals surface area contributed by atoms with Gasteiger partial charge >= 0.3 is 0 Å². The second kappa shape index (κ2) is 5.70. The summed E-state index contributed by atoms with van der Waals surface area (Å²) in [5, 5.41) is 7.09. The van der Waals surface area contributed by atoms with Crippen LogP contribution < -0.4 is 5.32 Å². The number of carbonyl (C=O) groups is 2. The lowest BCUT2D eigenvalue weighted by molar-refractivity contribution is -0.143. The first-order valence-corrected chi connectivity index (χ1v) is 7.93. The van der Waals surface area contributed by atoms with Crippen molar-refractivity contribution in [3.05, 3.63) is 12.7 Å². The molecule has 120 valence electrons. The molecule has 22 heavy (non-hydrogen) atoms. The van der Waals surface area contributed by atoms with Gasteiger partial charge in [0.25, 0.3) is 0 Å². The lowest BCUT2D eigenvalue weighted by Gasteiger charge is -2.39. The maximum Gasteiger partial charge on any atom is 0.248 e. The minimum absolute atomic E-state index is 0.0371. The SMILES string of the molecule is CC(=O)N[C@](C)(C(=O)N1CCC[C@@H](n2cncn2)C1)C1CC1. The Hall–Kier alpha value is -1.92. The molecule has 1 aliphatic carbocycles. The Bertz CT molecular complexity index is 554. The summed E-state index contributed by atoms with van der Waals surface area (Å²) in [4.78, 5) is 30.4. The van der Waals surface area contributed by atoms with E-state index in [1.807, 2.05) is 16.5 Å². The third-order valence-corrected chi connectivity index (χ3v) is 4.77.